The van der Waals surface area contributed by atoms with E-state index in [1.54, 1.807) is 12.4 Å². The number of nitrogens with one attached hydrogen (secondary N) is 1. The highest BCUT2D eigenvalue weighted by Crippen LogP contribution is 2.38. The molecule has 1 aliphatic heterocycles. The van der Waals surface area contributed by atoms with E-state index in [2.05, 4.69) is 15.0 Å². The fourth-order valence-electron chi connectivity index (χ4n) is 4.90. The van der Waals surface area contributed by atoms with Gasteiger partial charge in [-0.3, -0.25) is 19.6 Å². The van der Waals surface area contributed by atoms with Crippen LogP contribution >= 0.6 is 0 Å². The van der Waals surface area contributed by atoms with Crippen molar-refractivity contribution in [1.29, 1.82) is 0 Å². The Hall–Kier alpha value is -4.65. The largest absolute Gasteiger partial charge is 0.321 e. The van der Waals surface area contributed by atoms with Crippen LogP contribution in [0.3, 0.4) is 0 Å². The van der Waals surface area contributed by atoms with Gasteiger partial charge in [0.05, 0.1) is 28.4 Å². The molecule has 6 rings (SSSR count). The van der Waals surface area contributed by atoms with Gasteiger partial charge in [0.15, 0.2) is 0 Å². The lowest BCUT2D eigenvalue weighted by atomic mass is 9.91. The molecule has 0 bridgehead atoms. The number of H-pyrrole nitrogens is 1. The highest BCUT2D eigenvalue weighted by atomic mass is 16.2. The second kappa shape index (κ2) is 8.29. The Bertz CT molecular complexity index is 1690. The quantitative estimate of drug-likeness (QED) is 0.418. The molecule has 0 spiro atoms. The van der Waals surface area contributed by atoms with E-state index in [9.17, 15) is 9.59 Å². The number of hydrazone groups is 1. The van der Waals surface area contributed by atoms with Gasteiger partial charge in [-0.2, -0.15) is 5.10 Å². The Morgan fingerprint density at radius 1 is 0.914 bits per heavy atom. The van der Waals surface area contributed by atoms with Crippen molar-refractivity contribution in [2.75, 3.05) is 0 Å². The van der Waals surface area contributed by atoms with Gasteiger partial charge in [0.1, 0.15) is 0 Å². The smallest absolute Gasteiger partial charge is 0.258 e. The van der Waals surface area contributed by atoms with Crippen molar-refractivity contribution in [2.45, 2.75) is 19.4 Å². The Morgan fingerprint density at radius 2 is 1.69 bits per heavy atom. The van der Waals surface area contributed by atoms with Gasteiger partial charge in [-0.05, 0) is 17.7 Å². The number of fused-ring (bicyclic) bond motifs is 2. The van der Waals surface area contributed by atoms with Gasteiger partial charge in [0.25, 0.3) is 5.56 Å². The van der Waals surface area contributed by atoms with Gasteiger partial charge < -0.3 is 4.98 Å². The van der Waals surface area contributed by atoms with Crippen LogP contribution in [0, 0.1) is 0 Å². The summed E-state index contributed by atoms with van der Waals surface area (Å²) >= 11 is 0. The molecule has 1 N–H and O–H groups in total. The van der Waals surface area contributed by atoms with Gasteiger partial charge in [0, 0.05) is 47.8 Å². The number of carbonyl (C=O) groups excluding carboxylic acids is 1. The minimum atomic E-state index is -0.391. The molecule has 1 amide bonds. The number of benzene rings is 3. The number of hydrogen-bond acceptors (Lipinski definition) is 5. The van der Waals surface area contributed by atoms with E-state index >= 15 is 0 Å². The molecule has 1 aliphatic rings. The molecule has 5 aromatic rings. The van der Waals surface area contributed by atoms with E-state index in [1.807, 2.05) is 72.8 Å². The van der Waals surface area contributed by atoms with Crippen molar-refractivity contribution in [1.82, 2.24) is 20.0 Å². The van der Waals surface area contributed by atoms with Gasteiger partial charge in [0.2, 0.25) is 5.91 Å². The van der Waals surface area contributed by atoms with Crippen LogP contribution < -0.4 is 5.56 Å². The second-order valence-corrected chi connectivity index (χ2v) is 8.52. The molecule has 3 heterocycles. The molecule has 3 aromatic carbocycles. The maximum Gasteiger partial charge on any atom is 0.258 e. The molecule has 0 radical (unpaired) electrons. The third-order valence-electron chi connectivity index (χ3n) is 6.39. The van der Waals surface area contributed by atoms with E-state index in [0.29, 0.717) is 17.7 Å². The summed E-state index contributed by atoms with van der Waals surface area (Å²) in [5.41, 5.74) is 5.61. The third kappa shape index (κ3) is 3.49. The molecule has 0 saturated carbocycles. The predicted octanol–water partition coefficient (Wildman–Crippen LogP) is 4.84. The fraction of sp³-hybridized carbons (Fsp3) is 0.107. The van der Waals surface area contributed by atoms with Crippen molar-refractivity contribution < 1.29 is 4.79 Å². The minimum absolute atomic E-state index is 0.204. The first-order chi connectivity index (χ1) is 17.1. The lowest BCUT2D eigenvalue weighted by Gasteiger charge is -2.21. The number of amides is 1. The SMILES string of the molecule is CC(=O)N1N=C(c2c(-c3ccccc3)c3ccccc3[nH]c2=O)C[C@H]1c1cccc2nccnc12. The summed E-state index contributed by atoms with van der Waals surface area (Å²) in [6, 6.07) is 22.9. The molecular weight excluding hydrogens is 438 g/mol. The highest BCUT2D eigenvalue weighted by molar-refractivity contribution is 6.13. The first-order valence-corrected chi connectivity index (χ1v) is 11.4. The molecular formula is C28H21N5O2. The first-order valence-electron chi connectivity index (χ1n) is 11.4. The average molecular weight is 460 g/mol. The van der Waals surface area contributed by atoms with Crippen LogP contribution in [0.2, 0.25) is 0 Å². The highest BCUT2D eigenvalue weighted by Gasteiger charge is 2.35. The molecule has 1 atom stereocenters. The Kier molecular flexibility index (Phi) is 4.95. The van der Waals surface area contributed by atoms with Crippen LogP contribution in [-0.2, 0) is 4.79 Å². The Morgan fingerprint density at radius 3 is 2.51 bits per heavy atom. The van der Waals surface area contributed by atoms with Gasteiger partial charge in [-0.25, -0.2) is 5.01 Å². The van der Waals surface area contributed by atoms with Crippen LogP contribution in [0.4, 0.5) is 0 Å². The summed E-state index contributed by atoms with van der Waals surface area (Å²) in [6.45, 7) is 1.49. The maximum atomic E-state index is 13.5. The number of nitrogens with zero attached hydrogens (tertiary/aromatic N) is 4. The van der Waals surface area contributed by atoms with E-state index in [1.165, 1.54) is 11.9 Å². The molecule has 7 heteroatoms. The lowest BCUT2D eigenvalue weighted by molar-refractivity contribution is -0.130. The molecule has 2 aromatic heterocycles. The van der Waals surface area contributed by atoms with Crippen molar-refractivity contribution in [3.8, 4) is 11.1 Å². The second-order valence-electron chi connectivity index (χ2n) is 8.52. The topological polar surface area (TPSA) is 91.3 Å². The summed E-state index contributed by atoms with van der Waals surface area (Å²) < 4.78 is 0. The summed E-state index contributed by atoms with van der Waals surface area (Å²) in [4.78, 5) is 38.1. The lowest BCUT2D eigenvalue weighted by Crippen LogP contribution is -2.24. The fourth-order valence-corrected chi connectivity index (χ4v) is 4.90. The normalized spacial score (nSPS) is 15.5. The molecule has 7 nitrogen and oxygen atoms in total. The number of pyridine rings is 1. The number of carbonyl (C=O) groups is 1. The predicted molar refractivity (Wildman–Crippen MR) is 136 cm³/mol. The molecule has 35 heavy (non-hydrogen) atoms. The molecule has 0 unspecified atom stereocenters. The monoisotopic (exact) mass is 459 g/mol. The summed E-state index contributed by atoms with van der Waals surface area (Å²) in [5, 5.41) is 7.09. The standard InChI is InChI=1S/C28H21N5O2/c1-17(34)33-24(20-11-7-13-22-27(20)30-15-14-29-22)16-23(32-33)26-25(18-8-3-2-4-9-18)19-10-5-6-12-21(19)31-28(26)35/h2-15,24H,16H2,1H3,(H,31,35)/t24-/m0/s1. The van der Waals surface area contributed by atoms with Crippen LogP contribution in [0.1, 0.15) is 30.5 Å². The first kappa shape index (κ1) is 20.9. The Labute approximate surface area is 200 Å². The van der Waals surface area contributed by atoms with Crippen molar-refractivity contribution in [3.05, 3.63) is 107 Å². The number of hydrogen-bond donors (Lipinski definition) is 1. The molecule has 170 valence electrons. The summed E-state index contributed by atoms with van der Waals surface area (Å²) in [5.74, 6) is -0.204. The van der Waals surface area contributed by atoms with Crippen LogP contribution in [0.25, 0.3) is 33.1 Å². The van der Waals surface area contributed by atoms with E-state index in [-0.39, 0.29) is 11.5 Å². The van der Waals surface area contributed by atoms with Gasteiger partial charge in [-0.1, -0.05) is 60.7 Å². The van der Waals surface area contributed by atoms with E-state index in [4.69, 9.17) is 5.10 Å². The number of rotatable bonds is 3. The van der Waals surface area contributed by atoms with Crippen molar-refractivity contribution in [2.24, 2.45) is 5.10 Å². The van der Waals surface area contributed by atoms with Crippen molar-refractivity contribution >= 4 is 33.6 Å². The third-order valence-corrected chi connectivity index (χ3v) is 6.39. The zero-order chi connectivity index (χ0) is 23.9. The number of para-hydroxylation sites is 2. The van der Waals surface area contributed by atoms with E-state index < -0.39 is 6.04 Å². The number of aromatic nitrogens is 3. The zero-order valence-corrected chi connectivity index (χ0v) is 19.0. The number of aromatic amines is 1. The molecule has 0 saturated heterocycles. The molecule has 0 aliphatic carbocycles. The van der Waals surface area contributed by atoms with Crippen molar-refractivity contribution in [3.63, 3.8) is 0 Å². The van der Waals surface area contributed by atoms with E-state index in [0.717, 1.165) is 38.6 Å². The summed E-state index contributed by atoms with van der Waals surface area (Å²) in [6.07, 6.45) is 3.67. The molecule has 0 fully saturated rings. The average Bonchev–Trinajstić information content (AvgIpc) is 3.33. The van der Waals surface area contributed by atoms with Crippen LogP contribution in [-0.4, -0.2) is 31.6 Å². The van der Waals surface area contributed by atoms with Gasteiger partial charge in [-0.15, -0.1) is 0 Å². The van der Waals surface area contributed by atoms with Crippen LogP contribution in [0.15, 0.2) is 95.1 Å². The minimum Gasteiger partial charge on any atom is -0.321 e. The summed E-state index contributed by atoms with van der Waals surface area (Å²) in [7, 11) is 0. The maximum absolute atomic E-state index is 13.5. The van der Waals surface area contributed by atoms with Crippen LogP contribution in [0.5, 0.6) is 0 Å². The zero-order valence-electron chi connectivity index (χ0n) is 19.0. The Balaban J connectivity index is 1.57. The van der Waals surface area contributed by atoms with Gasteiger partial charge >= 0.3 is 0 Å².